The molecule has 0 aliphatic carbocycles. The first-order valence-corrected chi connectivity index (χ1v) is 6.27. The second kappa shape index (κ2) is 5.98. The summed E-state index contributed by atoms with van der Waals surface area (Å²) in [7, 11) is 1.54. The fourth-order valence-electron chi connectivity index (χ4n) is 1.67. The highest BCUT2D eigenvalue weighted by Crippen LogP contribution is 2.29. The van der Waals surface area contributed by atoms with Crippen LogP contribution in [0, 0.1) is 12.3 Å². The first-order valence-electron chi connectivity index (χ1n) is 6.27. The van der Waals surface area contributed by atoms with E-state index in [1.165, 1.54) is 7.11 Å². The zero-order chi connectivity index (χ0) is 15.4. The maximum atomic E-state index is 12.2. The molecule has 0 aliphatic heterocycles. The van der Waals surface area contributed by atoms with Crippen LogP contribution in [0.3, 0.4) is 0 Å². The van der Waals surface area contributed by atoms with E-state index in [4.69, 9.17) is 15.9 Å². The highest BCUT2D eigenvalue weighted by molar-refractivity contribution is 5.82. The second-order valence-electron chi connectivity index (χ2n) is 5.47. The molecule has 0 saturated carbocycles. The third kappa shape index (κ3) is 3.75. The van der Waals surface area contributed by atoms with Gasteiger partial charge >= 0.3 is 5.97 Å². The van der Waals surface area contributed by atoms with Crippen LogP contribution < -0.4 is 4.74 Å². The van der Waals surface area contributed by atoms with E-state index in [1.54, 1.807) is 45.0 Å². The van der Waals surface area contributed by atoms with Crippen LogP contribution in [0.1, 0.15) is 32.8 Å². The number of hydrogen-bond acceptors (Lipinski definition) is 4. The second-order valence-corrected chi connectivity index (χ2v) is 5.47. The molecule has 1 N–H and O–H groups in total. The number of carbonyl (C=O) groups excluding carboxylic acids is 1. The van der Waals surface area contributed by atoms with Crippen LogP contribution in [0.5, 0.6) is 5.75 Å². The van der Waals surface area contributed by atoms with E-state index in [9.17, 15) is 9.90 Å². The Kier molecular flexibility index (Phi) is 4.80. The third-order valence-corrected chi connectivity index (χ3v) is 2.66. The van der Waals surface area contributed by atoms with E-state index >= 15 is 0 Å². The van der Waals surface area contributed by atoms with Crippen molar-refractivity contribution >= 4 is 5.97 Å². The number of aliphatic hydroxyl groups is 1. The predicted octanol–water partition coefficient (Wildman–Crippen LogP) is 2.25. The highest BCUT2D eigenvalue weighted by atomic mass is 16.6. The number of methoxy groups -OCH3 is 1. The minimum atomic E-state index is -1.85. The van der Waals surface area contributed by atoms with Crippen molar-refractivity contribution in [2.24, 2.45) is 0 Å². The van der Waals surface area contributed by atoms with E-state index < -0.39 is 17.2 Å². The van der Waals surface area contributed by atoms with Gasteiger partial charge in [-0.05, 0) is 38.5 Å². The van der Waals surface area contributed by atoms with Gasteiger partial charge in [-0.2, -0.15) is 0 Å². The summed E-state index contributed by atoms with van der Waals surface area (Å²) < 4.78 is 10.3. The normalized spacial score (nSPS) is 14.0. The van der Waals surface area contributed by atoms with Gasteiger partial charge in [-0.1, -0.05) is 12.1 Å². The lowest BCUT2D eigenvalue weighted by Crippen LogP contribution is -2.41. The van der Waals surface area contributed by atoms with E-state index in [2.05, 4.69) is 5.92 Å². The molecule has 108 valence electrons. The molecule has 0 radical (unpaired) electrons. The molecule has 0 spiro atoms. The first-order chi connectivity index (χ1) is 9.23. The largest absolute Gasteiger partial charge is 0.497 e. The Morgan fingerprint density at radius 3 is 2.25 bits per heavy atom. The number of esters is 1. The number of rotatable bonds is 4. The molecule has 1 atom stereocenters. The van der Waals surface area contributed by atoms with Crippen molar-refractivity contribution < 1.29 is 19.4 Å². The zero-order valence-corrected chi connectivity index (χ0v) is 12.3. The van der Waals surface area contributed by atoms with Crippen molar-refractivity contribution in [3.63, 3.8) is 0 Å². The van der Waals surface area contributed by atoms with Crippen LogP contribution in [0.4, 0.5) is 0 Å². The van der Waals surface area contributed by atoms with Crippen LogP contribution in [0.2, 0.25) is 0 Å². The van der Waals surface area contributed by atoms with Gasteiger partial charge in [-0.15, -0.1) is 12.3 Å². The van der Waals surface area contributed by atoms with Gasteiger partial charge in [-0.25, -0.2) is 4.79 Å². The lowest BCUT2D eigenvalue weighted by molar-refractivity contribution is -0.178. The van der Waals surface area contributed by atoms with Gasteiger partial charge in [0.25, 0.3) is 0 Å². The highest BCUT2D eigenvalue weighted by Gasteiger charge is 2.40. The summed E-state index contributed by atoms with van der Waals surface area (Å²) in [4.78, 5) is 12.2. The Morgan fingerprint density at radius 1 is 1.30 bits per heavy atom. The average Bonchev–Trinajstić information content (AvgIpc) is 2.37. The monoisotopic (exact) mass is 276 g/mol. The summed E-state index contributed by atoms with van der Waals surface area (Å²) in [6.07, 6.45) is 5.11. The maximum Gasteiger partial charge on any atom is 0.344 e. The Bertz CT molecular complexity index is 505. The van der Waals surface area contributed by atoms with Crippen molar-refractivity contribution in [1.29, 1.82) is 0 Å². The molecular formula is C16H20O4. The maximum absolute atomic E-state index is 12.2. The third-order valence-electron chi connectivity index (χ3n) is 2.66. The molecule has 1 aromatic rings. The van der Waals surface area contributed by atoms with Crippen molar-refractivity contribution in [2.75, 3.05) is 7.11 Å². The van der Waals surface area contributed by atoms with E-state index in [1.807, 2.05) is 0 Å². The zero-order valence-electron chi connectivity index (χ0n) is 12.3. The van der Waals surface area contributed by atoms with Gasteiger partial charge in [-0.3, -0.25) is 0 Å². The van der Waals surface area contributed by atoms with E-state index in [0.717, 1.165) is 0 Å². The number of carbonyl (C=O) groups is 1. The molecule has 1 aromatic carbocycles. The van der Waals surface area contributed by atoms with Crippen LogP contribution >= 0.6 is 0 Å². The lowest BCUT2D eigenvalue weighted by Gasteiger charge is -2.29. The molecule has 20 heavy (non-hydrogen) atoms. The number of hydrogen-bond donors (Lipinski definition) is 1. The number of benzene rings is 1. The molecule has 4 heteroatoms. The smallest absolute Gasteiger partial charge is 0.344 e. The summed E-state index contributed by atoms with van der Waals surface area (Å²) in [6, 6.07) is 6.50. The minimum absolute atomic E-state index is 0.158. The Morgan fingerprint density at radius 2 is 1.85 bits per heavy atom. The van der Waals surface area contributed by atoms with Gasteiger partial charge in [0.1, 0.15) is 11.4 Å². The molecule has 0 unspecified atom stereocenters. The molecule has 4 nitrogen and oxygen atoms in total. The number of ether oxygens (including phenoxy) is 2. The van der Waals surface area contributed by atoms with Crippen LogP contribution in [-0.2, 0) is 15.1 Å². The summed E-state index contributed by atoms with van der Waals surface area (Å²) in [5, 5.41) is 10.6. The van der Waals surface area contributed by atoms with Crippen molar-refractivity contribution in [3.05, 3.63) is 29.8 Å². The molecular weight excluding hydrogens is 256 g/mol. The molecule has 0 saturated heterocycles. The fraction of sp³-hybridized carbons (Fsp3) is 0.438. The Labute approximate surface area is 119 Å². The van der Waals surface area contributed by atoms with Gasteiger partial charge in [0.15, 0.2) is 5.60 Å². The summed E-state index contributed by atoms with van der Waals surface area (Å²) in [5.41, 5.74) is -2.18. The quantitative estimate of drug-likeness (QED) is 0.677. The van der Waals surface area contributed by atoms with Gasteiger partial charge in [0.2, 0.25) is 0 Å². The number of terminal acetylenes is 1. The average molecular weight is 276 g/mol. The topological polar surface area (TPSA) is 55.8 Å². The SMILES string of the molecule is C#CC[C@](O)(C(=O)OC(C)(C)C)c1ccc(OC)cc1. The molecule has 0 heterocycles. The Balaban J connectivity index is 3.13. The predicted molar refractivity (Wildman–Crippen MR) is 76.2 cm³/mol. The molecule has 0 fully saturated rings. The molecule has 0 amide bonds. The molecule has 0 aromatic heterocycles. The van der Waals surface area contributed by atoms with Crippen LogP contribution in [0.25, 0.3) is 0 Å². The van der Waals surface area contributed by atoms with Crippen molar-refractivity contribution in [2.45, 2.75) is 38.4 Å². The standard InChI is InChI=1S/C16H20O4/c1-6-11-16(18,14(17)20-15(2,3)4)12-7-9-13(19-5)10-8-12/h1,7-10,18H,11H2,2-5H3/t16-/m1/s1. The van der Waals surface area contributed by atoms with Crippen LogP contribution in [0.15, 0.2) is 24.3 Å². The van der Waals surface area contributed by atoms with E-state index in [-0.39, 0.29) is 6.42 Å². The molecule has 1 rings (SSSR count). The molecule has 0 aliphatic rings. The van der Waals surface area contributed by atoms with Gasteiger partial charge in [0, 0.05) is 0 Å². The molecule has 0 bridgehead atoms. The lowest BCUT2D eigenvalue weighted by atomic mass is 9.90. The first kappa shape index (κ1) is 16.1. The van der Waals surface area contributed by atoms with Gasteiger partial charge in [0.05, 0.1) is 13.5 Å². The fourth-order valence-corrected chi connectivity index (χ4v) is 1.67. The van der Waals surface area contributed by atoms with Crippen molar-refractivity contribution in [1.82, 2.24) is 0 Å². The summed E-state index contributed by atoms with van der Waals surface area (Å²) in [6.45, 7) is 5.19. The van der Waals surface area contributed by atoms with E-state index in [0.29, 0.717) is 11.3 Å². The van der Waals surface area contributed by atoms with Gasteiger partial charge < -0.3 is 14.6 Å². The van der Waals surface area contributed by atoms with Crippen LogP contribution in [-0.4, -0.2) is 23.8 Å². The summed E-state index contributed by atoms with van der Waals surface area (Å²) >= 11 is 0. The summed E-state index contributed by atoms with van der Waals surface area (Å²) in [5.74, 6) is 2.19. The van der Waals surface area contributed by atoms with Crippen molar-refractivity contribution in [3.8, 4) is 18.1 Å². The Hall–Kier alpha value is -1.99. The minimum Gasteiger partial charge on any atom is -0.497 e.